The highest BCUT2D eigenvalue weighted by atomic mass is 19.4. The molecule has 1 aliphatic rings. The maximum absolute atomic E-state index is 12.9. The third-order valence-electron chi connectivity index (χ3n) is 4.89. The van der Waals surface area contributed by atoms with Crippen molar-refractivity contribution in [2.45, 2.75) is 25.2 Å². The van der Waals surface area contributed by atoms with Crippen molar-refractivity contribution in [3.8, 4) is 5.75 Å². The molecule has 2 aromatic carbocycles. The van der Waals surface area contributed by atoms with Gasteiger partial charge < -0.3 is 10.5 Å². The monoisotopic (exact) mass is 387 g/mol. The number of likely N-dealkylation sites (tertiary alicyclic amines) is 1. The number of pyridine rings is 1. The number of nitrogens with two attached hydrogens (primary N) is 1. The van der Waals surface area contributed by atoms with Crippen LogP contribution in [0.3, 0.4) is 0 Å². The summed E-state index contributed by atoms with van der Waals surface area (Å²) in [6, 6.07) is 14.9. The Balaban J connectivity index is 1.43. The van der Waals surface area contributed by atoms with Crippen molar-refractivity contribution in [3.05, 3.63) is 65.7 Å². The number of alkyl halides is 3. The number of para-hydroxylation sites is 1. The number of nitrogens with zero attached hydrogens (tertiary/aromatic N) is 2. The van der Waals surface area contributed by atoms with Crippen LogP contribution in [0.5, 0.6) is 5.75 Å². The molecule has 0 spiro atoms. The Morgan fingerprint density at radius 3 is 2.75 bits per heavy atom. The van der Waals surface area contributed by atoms with Gasteiger partial charge in [-0.2, -0.15) is 13.2 Å². The van der Waals surface area contributed by atoms with Gasteiger partial charge in [0.15, 0.2) is 0 Å². The Kier molecular flexibility index (Phi) is 4.85. The highest BCUT2D eigenvalue weighted by Gasteiger charge is 2.31. The van der Waals surface area contributed by atoms with Crippen LogP contribution in [0.15, 0.2) is 54.6 Å². The predicted molar refractivity (Wildman–Crippen MR) is 102 cm³/mol. The Hall–Kier alpha value is -2.80. The Bertz CT molecular complexity index is 990. The molecule has 0 aliphatic carbocycles. The van der Waals surface area contributed by atoms with E-state index >= 15 is 0 Å². The molecule has 1 fully saturated rings. The van der Waals surface area contributed by atoms with E-state index in [1.54, 1.807) is 12.1 Å². The van der Waals surface area contributed by atoms with Gasteiger partial charge in [-0.05, 0) is 36.2 Å². The lowest BCUT2D eigenvalue weighted by atomic mass is 10.1. The molecule has 4 rings (SSSR count). The van der Waals surface area contributed by atoms with Crippen LogP contribution in [0, 0.1) is 0 Å². The molecule has 0 radical (unpaired) electrons. The molecule has 1 saturated heterocycles. The smallest absolute Gasteiger partial charge is 0.416 e. The number of fused-ring (bicyclic) bond motifs is 1. The summed E-state index contributed by atoms with van der Waals surface area (Å²) < 4.78 is 44.8. The van der Waals surface area contributed by atoms with Crippen molar-refractivity contribution in [1.29, 1.82) is 0 Å². The summed E-state index contributed by atoms with van der Waals surface area (Å²) in [5.41, 5.74) is 6.55. The summed E-state index contributed by atoms with van der Waals surface area (Å²) in [6.07, 6.45) is -3.56. The minimum absolute atomic E-state index is 0.0420. The van der Waals surface area contributed by atoms with Gasteiger partial charge in [0.1, 0.15) is 23.2 Å². The molecule has 1 aromatic heterocycles. The van der Waals surface area contributed by atoms with Gasteiger partial charge in [-0.15, -0.1) is 0 Å². The van der Waals surface area contributed by atoms with E-state index in [0.717, 1.165) is 29.9 Å². The number of halogens is 3. The average molecular weight is 387 g/mol. The summed E-state index contributed by atoms with van der Waals surface area (Å²) >= 11 is 0. The van der Waals surface area contributed by atoms with Crippen molar-refractivity contribution in [2.24, 2.45) is 0 Å². The number of nitrogen functional groups attached to an aromatic ring is 1. The molecule has 3 aromatic rings. The van der Waals surface area contributed by atoms with E-state index in [9.17, 15) is 13.2 Å². The first kappa shape index (κ1) is 18.6. The standard InChI is InChI=1S/C21H20F3N3O/c22-21(23,24)16-5-1-3-14(11-16)12-27-10-9-17(13-27)28-18-6-2-4-15-7-8-19(25)26-20(15)18/h1-8,11,17H,9-10,12-13H2,(H2,25,26). The number of hydrogen-bond donors (Lipinski definition) is 1. The Morgan fingerprint density at radius 2 is 1.93 bits per heavy atom. The van der Waals surface area contributed by atoms with Gasteiger partial charge in [-0.3, -0.25) is 4.90 Å². The molecule has 0 amide bonds. The fourth-order valence-corrected chi connectivity index (χ4v) is 3.55. The van der Waals surface area contributed by atoms with E-state index in [1.165, 1.54) is 12.1 Å². The Labute approximate surface area is 160 Å². The third-order valence-corrected chi connectivity index (χ3v) is 4.89. The first-order chi connectivity index (χ1) is 13.4. The molecular weight excluding hydrogens is 367 g/mol. The predicted octanol–water partition coefficient (Wildman–Crippen LogP) is 4.49. The van der Waals surface area contributed by atoms with Crippen LogP contribution in [-0.2, 0) is 12.7 Å². The van der Waals surface area contributed by atoms with Crippen LogP contribution in [-0.4, -0.2) is 29.1 Å². The SMILES string of the molecule is Nc1ccc2cccc(OC3CCN(Cc4cccc(C(F)(F)F)c4)C3)c2n1. The molecule has 0 bridgehead atoms. The molecule has 2 heterocycles. The molecule has 1 atom stereocenters. The van der Waals surface area contributed by atoms with E-state index in [1.807, 2.05) is 24.3 Å². The fraction of sp³-hybridized carbons (Fsp3) is 0.286. The van der Waals surface area contributed by atoms with Crippen LogP contribution in [0.1, 0.15) is 17.5 Å². The normalized spacial score (nSPS) is 17.9. The maximum atomic E-state index is 12.9. The minimum atomic E-state index is -4.32. The third kappa shape index (κ3) is 4.04. The van der Waals surface area contributed by atoms with Crippen molar-refractivity contribution < 1.29 is 17.9 Å². The lowest BCUT2D eigenvalue weighted by Gasteiger charge is -2.18. The van der Waals surface area contributed by atoms with Gasteiger partial charge in [-0.1, -0.05) is 30.3 Å². The summed E-state index contributed by atoms with van der Waals surface area (Å²) in [6.45, 7) is 1.88. The first-order valence-corrected chi connectivity index (χ1v) is 9.09. The van der Waals surface area contributed by atoms with Gasteiger partial charge in [0.2, 0.25) is 0 Å². The number of aromatic nitrogens is 1. The molecule has 2 N–H and O–H groups in total. The quantitative estimate of drug-likeness (QED) is 0.717. The summed E-state index contributed by atoms with van der Waals surface area (Å²) in [5.74, 6) is 1.11. The minimum Gasteiger partial charge on any atom is -0.487 e. The van der Waals surface area contributed by atoms with Crippen LogP contribution < -0.4 is 10.5 Å². The molecular formula is C21H20F3N3O. The number of anilines is 1. The van der Waals surface area contributed by atoms with E-state index < -0.39 is 11.7 Å². The molecule has 7 heteroatoms. The molecule has 0 saturated carbocycles. The highest BCUT2D eigenvalue weighted by Crippen LogP contribution is 2.31. The molecule has 146 valence electrons. The van der Waals surface area contributed by atoms with E-state index in [2.05, 4.69) is 9.88 Å². The Morgan fingerprint density at radius 1 is 1.11 bits per heavy atom. The van der Waals surface area contributed by atoms with Gasteiger partial charge in [0.25, 0.3) is 0 Å². The average Bonchev–Trinajstić information content (AvgIpc) is 3.08. The molecule has 4 nitrogen and oxygen atoms in total. The molecule has 1 unspecified atom stereocenters. The zero-order valence-electron chi connectivity index (χ0n) is 15.1. The maximum Gasteiger partial charge on any atom is 0.416 e. The lowest BCUT2D eigenvalue weighted by Crippen LogP contribution is -2.24. The first-order valence-electron chi connectivity index (χ1n) is 9.09. The van der Waals surface area contributed by atoms with Gasteiger partial charge in [-0.25, -0.2) is 4.98 Å². The summed E-state index contributed by atoms with van der Waals surface area (Å²) in [4.78, 5) is 6.47. The second kappa shape index (κ2) is 7.31. The van der Waals surface area contributed by atoms with Gasteiger partial charge in [0.05, 0.1) is 5.56 Å². The zero-order valence-corrected chi connectivity index (χ0v) is 15.1. The highest BCUT2D eigenvalue weighted by molar-refractivity contribution is 5.85. The lowest BCUT2D eigenvalue weighted by molar-refractivity contribution is -0.137. The summed E-state index contributed by atoms with van der Waals surface area (Å²) in [7, 11) is 0. The number of rotatable bonds is 4. The zero-order chi connectivity index (χ0) is 19.7. The van der Waals surface area contributed by atoms with Gasteiger partial charge >= 0.3 is 6.18 Å². The topological polar surface area (TPSA) is 51.4 Å². The van der Waals surface area contributed by atoms with Crippen molar-refractivity contribution in [2.75, 3.05) is 18.8 Å². The second-order valence-corrected chi connectivity index (χ2v) is 7.03. The van der Waals surface area contributed by atoms with E-state index in [0.29, 0.717) is 30.2 Å². The number of ether oxygens (including phenoxy) is 1. The number of hydrogen-bond acceptors (Lipinski definition) is 4. The van der Waals surface area contributed by atoms with Crippen LogP contribution >= 0.6 is 0 Å². The largest absolute Gasteiger partial charge is 0.487 e. The van der Waals surface area contributed by atoms with Crippen molar-refractivity contribution >= 4 is 16.7 Å². The second-order valence-electron chi connectivity index (χ2n) is 7.03. The summed E-state index contributed by atoms with van der Waals surface area (Å²) in [5, 5.41) is 0.950. The number of benzene rings is 2. The van der Waals surface area contributed by atoms with Crippen molar-refractivity contribution in [1.82, 2.24) is 9.88 Å². The van der Waals surface area contributed by atoms with Gasteiger partial charge in [0, 0.05) is 25.0 Å². The molecule has 28 heavy (non-hydrogen) atoms. The van der Waals surface area contributed by atoms with Crippen LogP contribution in [0.2, 0.25) is 0 Å². The van der Waals surface area contributed by atoms with Crippen molar-refractivity contribution in [3.63, 3.8) is 0 Å². The fourth-order valence-electron chi connectivity index (χ4n) is 3.55. The van der Waals surface area contributed by atoms with Crippen LogP contribution in [0.25, 0.3) is 10.9 Å². The van der Waals surface area contributed by atoms with E-state index in [4.69, 9.17) is 10.5 Å². The van der Waals surface area contributed by atoms with Crippen LogP contribution in [0.4, 0.5) is 19.0 Å². The van der Waals surface area contributed by atoms with E-state index in [-0.39, 0.29) is 6.10 Å². The molecule has 1 aliphatic heterocycles.